The number of alkyl carbamates (subject to hydrolysis) is 1. The van der Waals surface area contributed by atoms with E-state index in [9.17, 15) is 19.5 Å². The molecule has 41 heavy (non-hydrogen) atoms. The molecule has 1 aliphatic rings. The van der Waals surface area contributed by atoms with E-state index in [0.717, 1.165) is 18.4 Å². The van der Waals surface area contributed by atoms with Crippen molar-refractivity contribution in [2.75, 3.05) is 60.0 Å². The zero-order chi connectivity index (χ0) is 29.9. The van der Waals surface area contributed by atoms with Gasteiger partial charge < -0.3 is 44.7 Å². The summed E-state index contributed by atoms with van der Waals surface area (Å²) in [6.07, 6.45) is 0.126. The third kappa shape index (κ3) is 15.7. The molecule has 0 aliphatic heterocycles. The van der Waals surface area contributed by atoms with Gasteiger partial charge in [0.15, 0.2) is 6.10 Å². The number of carbonyl (C=O) groups excluding carboxylic acids is 3. The summed E-state index contributed by atoms with van der Waals surface area (Å²) in [6.45, 7) is 6.70. The number of rotatable bonds is 22. The number of benzene rings is 1. The molecule has 0 heterocycles. The molecule has 1 fully saturated rings. The summed E-state index contributed by atoms with van der Waals surface area (Å²) in [6, 6.07) is 7.55. The first-order valence-corrected chi connectivity index (χ1v) is 14.3. The number of hydrogen-bond donors (Lipinski definition) is 4. The number of aliphatic hydroxyl groups is 1. The lowest BCUT2D eigenvalue weighted by atomic mass is 9.98. The maximum Gasteiger partial charge on any atom is 0.407 e. The molecule has 232 valence electrons. The third-order valence-electron chi connectivity index (χ3n) is 6.15. The van der Waals surface area contributed by atoms with Crippen LogP contribution in [0.5, 0.6) is 0 Å². The molecule has 4 N–H and O–H groups in total. The number of amides is 3. The molecular weight excluding hydrogens is 534 g/mol. The number of aliphatic hydroxyl groups excluding tert-OH is 1. The van der Waals surface area contributed by atoms with Crippen molar-refractivity contribution in [2.45, 2.75) is 63.8 Å². The number of methoxy groups -OCH3 is 1. The Hall–Kier alpha value is -2.77. The van der Waals surface area contributed by atoms with E-state index in [0.29, 0.717) is 46.1 Å². The summed E-state index contributed by atoms with van der Waals surface area (Å²) >= 11 is 0. The van der Waals surface area contributed by atoms with Gasteiger partial charge in [0.1, 0.15) is 12.6 Å². The highest BCUT2D eigenvalue weighted by Gasteiger charge is 2.34. The monoisotopic (exact) mass is 581 g/mol. The second-order valence-corrected chi connectivity index (χ2v) is 10.3. The lowest BCUT2D eigenvalue weighted by Crippen LogP contribution is -2.56. The molecule has 12 nitrogen and oxygen atoms in total. The van der Waals surface area contributed by atoms with Crippen molar-refractivity contribution in [3.63, 3.8) is 0 Å². The predicted molar refractivity (Wildman–Crippen MR) is 151 cm³/mol. The van der Waals surface area contributed by atoms with Gasteiger partial charge in [-0.2, -0.15) is 0 Å². The van der Waals surface area contributed by atoms with E-state index in [-0.39, 0.29) is 31.6 Å². The van der Waals surface area contributed by atoms with Gasteiger partial charge in [0.05, 0.1) is 52.3 Å². The van der Waals surface area contributed by atoms with Crippen LogP contribution in [0.2, 0.25) is 0 Å². The van der Waals surface area contributed by atoms with Gasteiger partial charge in [0, 0.05) is 13.2 Å². The zero-order valence-corrected chi connectivity index (χ0v) is 24.5. The van der Waals surface area contributed by atoms with Crippen molar-refractivity contribution in [3.8, 4) is 0 Å². The van der Waals surface area contributed by atoms with Gasteiger partial charge in [0.25, 0.3) is 5.91 Å². The van der Waals surface area contributed by atoms with Crippen molar-refractivity contribution in [2.24, 2.45) is 5.92 Å². The molecular formula is C29H47N3O9. The Kier molecular flexibility index (Phi) is 16.9. The fourth-order valence-corrected chi connectivity index (χ4v) is 3.85. The molecule has 0 spiro atoms. The van der Waals surface area contributed by atoms with E-state index in [2.05, 4.69) is 16.0 Å². The molecule has 0 aromatic heterocycles. The van der Waals surface area contributed by atoms with E-state index in [4.69, 9.17) is 23.7 Å². The average Bonchev–Trinajstić information content (AvgIpc) is 3.76. The molecule has 0 bridgehead atoms. The van der Waals surface area contributed by atoms with Crippen LogP contribution in [0.1, 0.15) is 38.7 Å². The highest BCUT2D eigenvalue weighted by molar-refractivity contribution is 5.87. The Balaban J connectivity index is 1.79. The quantitative estimate of drug-likeness (QED) is 0.148. The number of carbonyl (C=O) groups is 3. The van der Waals surface area contributed by atoms with Crippen LogP contribution in [-0.4, -0.2) is 107 Å². The van der Waals surface area contributed by atoms with Crippen LogP contribution in [0.25, 0.3) is 0 Å². The van der Waals surface area contributed by atoms with Gasteiger partial charge in [0.2, 0.25) is 5.91 Å². The Morgan fingerprint density at radius 1 is 0.854 bits per heavy atom. The first-order valence-electron chi connectivity index (χ1n) is 14.3. The molecule has 2 rings (SSSR count). The maximum atomic E-state index is 13.3. The van der Waals surface area contributed by atoms with Crippen LogP contribution in [0, 0.1) is 5.92 Å². The zero-order valence-electron chi connectivity index (χ0n) is 24.5. The highest BCUT2D eigenvalue weighted by Crippen LogP contribution is 2.19. The minimum Gasteiger partial charge on any atom is -0.447 e. The summed E-state index contributed by atoms with van der Waals surface area (Å²) in [4.78, 5) is 38.3. The first kappa shape index (κ1) is 34.4. The van der Waals surface area contributed by atoms with E-state index >= 15 is 0 Å². The van der Waals surface area contributed by atoms with Gasteiger partial charge in [-0.3, -0.25) is 9.59 Å². The van der Waals surface area contributed by atoms with Crippen molar-refractivity contribution in [3.05, 3.63) is 35.9 Å². The maximum absolute atomic E-state index is 13.3. The fourth-order valence-electron chi connectivity index (χ4n) is 3.85. The molecule has 1 aromatic rings. The Morgan fingerprint density at radius 2 is 1.44 bits per heavy atom. The fraction of sp³-hybridized carbons (Fsp3) is 0.690. The second kappa shape index (κ2) is 20.2. The Bertz CT molecular complexity index is 884. The summed E-state index contributed by atoms with van der Waals surface area (Å²) in [5.41, 5.74) is 0.852. The van der Waals surface area contributed by atoms with Gasteiger partial charge in [-0.05, 0) is 37.2 Å². The predicted octanol–water partition coefficient (Wildman–Crippen LogP) is 1.19. The van der Waals surface area contributed by atoms with Crippen molar-refractivity contribution in [1.29, 1.82) is 0 Å². The van der Waals surface area contributed by atoms with Gasteiger partial charge >= 0.3 is 6.09 Å². The third-order valence-corrected chi connectivity index (χ3v) is 6.15. The molecule has 1 saturated carbocycles. The Labute approximate surface area is 242 Å². The summed E-state index contributed by atoms with van der Waals surface area (Å²) in [5, 5.41) is 19.0. The van der Waals surface area contributed by atoms with Gasteiger partial charge in [-0.15, -0.1) is 0 Å². The van der Waals surface area contributed by atoms with E-state index in [1.165, 1.54) is 0 Å². The highest BCUT2D eigenvalue weighted by atomic mass is 16.6. The second-order valence-electron chi connectivity index (χ2n) is 10.3. The molecule has 0 saturated heterocycles. The van der Waals surface area contributed by atoms with Crippen molar-refractivity contribution in [1.82, 2.24) is 16.0 Å². The molecule has 3 amide bonds. The summed E-state index contributed by atoms with van der Waals surface area (Å²) in [5.74, 6) is -0.952. The molecule has 12 heteroatoms. The normalized spacial score (nSPS) is 15.1. The van der Waals surface area contributed by atoms with Crippen LogP contribution in [0.15, 0.2) is 30.3 Å². The summed E-state index contributed by atoms with van der Waals surface area (Å²) in [7, 11) is 1.61. The largest absolute Gasteiger partial charge is 0.447 e. The lowest BCUT2D eigenvalue weighted by molar-refractivity contribution is -0.132. The minimum atomic E-state index is -1.45. The number of hydrogen-bond acceptors (Lipinski definition) is 9. The number of nitrogens with one attached hydrogen (secondary N) is 3. The lowest BCUT2D eigenvalue weighted by Gasteiger charge is -2.27. The van der Waals surface area contributed by atoms with Crippen LogP contribution in [-0.2, 0) is 39.7 Å². The first-order chi connectivity index (χ1) is 19.8. The van der Waals surface area contributed by atoms with Gasteiger partial charge in [-0.25, -0.2) is 4.79 Å². The SMILES string of the molecule is COCCOCCOCCOCCOC(=O)N[C@@H](CC(C)C)C(=O)N[C@@H](Cc1ccccc1)C(O)C(=O)NC1CC1. The van der Waals surface area contributed by atoms with Crippen molar-refractivity contribution >= 4 is 17.9 Å². The summed E-state index contributed by atoms with van der Waals surface area (Å²) < 4.78 is 26.1. The van der Waals surface area contributed by atoms with Crippen LogP contribution >= 0.6 is 0 Å². The minimum absolute atomic E-state index is 0.00133. The molecule has 1 unspecified atom stereocenters. The van der Waals surface area contributed by atoms with Crippen molar-refractivity contribution < 1.29 is 43.2 Å². The van der Waals surface area contributed by atoms with E-state index in [1.54, 1.807) is 7.11 Å². The van der Waals surface area contributed by atoms with Crippen LogP contribution in [0.4, 0.5) is 4.79 Å². The molecule has 0 radical (unpaired) electrons. The molecule has 1 aliphatic carbocycles. The smallest absolute Gasteiger partial charge is 0.407 e. The van der Waals surface area contributed by atoms with Crippen LogP contribution < -0.4 is 16.0 Å². The van der Waals surface area contributed by atoms with E-state index in [1.807, 2.05) is 44.2 Å². The average molecular weight is 582 g/mol. The molecule has 1 aromatic carbocycles. The molecule has 3 atom stereocenters. The number of ether oxygens (including phenoxy) is 5. The van der Waals surface area contributed by atoms with E-state index < -0.39 is 36.1 Å². The van der Waals surface area contributed by atoms with Gasteiger partial charge in [-0.1, -0.05) is 44.2 Å². The van der Waals surface area contributed by atoms with Crippen LogP contribution in [0.3, 0.4) is 0 Å². The Morgan fingerprint density at radius 3 is 2.00 bits per heavy atom. The topological polar surface area (TPSA) is 154 Å². The standard InChI is InChI=1S/C29H47N3O9/c1-21(2)19-25(32-29(36)41-18-17-40-16-15-39-14-13-38-12-11-37-3)27(34)31-24(20-22-7-5-4-6-8-22)26(33)28(35)30-23-9-10-23/h4-8,21,23-26,33H,9-20H2,1-3H3,(H,30,35)(H,31,34)(H,32,36)/t24-,25-,26?/m0/s1.